The number of carbonyl (C=O) groups excluding carboxylic acids is 1. The van der Waals surface area contributed by atoms with E-state index in [4.69, 9.17) is 14.2 Å². The maximum atomic E-state index is 13.0. The minimum Gasteiger partial charge on any atom is -0.474 e. The van der Waals surface area contributed by atoms with Gasteiger partial charge in [-0.15, -0.1) is 0 Å². The van der Waals surface area contributed by atoms with Crippen LogP contribution >= 0.6 is 15.9 Å². The Bertz CT molecular complexity index is 1170. The predicted octanol–water partition coefficient (Wildman–Crippen LogP) is 6.25. The van der Waals surface area contributed by atoms with Crippen molar-refractivity contribution in [2.24, 2.45) is 0 Å². The first-order valence-corrected chi connectivity index (χ1v) is 12.4. The lowest BCUT2D eigenvalue weighted by Gasteiger charge is -2.29. The maximum Gasteiger partial charge on any atom is 0.415 e. The van der Waals surface area contributed by atoms with Gasteiger partial charge >= 0.3 is 6.09 Å². The second-order valence-corrected chi connectivity index (χ2v) is 9.69. The van der Waals surface area contributed by atoms with E-state index < -0.39 is 0 Å². The highest BCUT2D eigenvalue weighted by Crippen LogP contribution is 2.32. The van der Waals surface area contributed by atoms with Gasteiger partial charge in [0, 0.05) is 29.2 Å². The molecule has 2 aromatic heterocycles. The molecule has 3 aromatic rings. The molecule has 0 radical (unpaired) electrons. The van der Waals surface area contributed by atoms with Gasteiger partial charge in [0.2, 0.25) is 11.8 Å². The van der Waals surface area contributed by atoms with Gasteiger partial charge in [0.05, 0.1) is 17.4 Å². The summed E-state index contributed by atoms with van der Waals surface area (Å²) < 4.78 is 18.7. The van der Waals surface area contributed by atoms with Gasteiger partial charge in [-0.3, -0.25) is 4.98 Å². The Labute approximate surface area is 213 Å². The van der Waals surface area contributed by atoms with E-state index in [2.05, 4.69) is 30.9 Å². The van der Waals surface area contributed by atoms with E-state index >= 15 is 0 Å². The van der Waals surface area contributed by atoms with Gasteiger partial charge in [-0.2, -0.15) is 0 Å². The number of aromatic nitrogens is 3. The average molecular weight is 541 g/mol. The number of likely N-dealkylation sites (tertiary alicyclic amines) is 1. The molecule has 35 heavy (non-hydrogen) atoms. The number of ether oxygens (including phenoxy) is 3. The first-order chi connectivity index (χ1) is 16.8. The van der Waals surface area contributed by atoms with Gasteiger partial charge in [-0.25, -0.2) is 14.8 Å². The predicted molar refractivity (Wildman–Crippen MR) is 135 cm³/mol. The number of pyridine rings is 1. The lowest BCUT2D eigenvalue weighted by atomic mass is 10.1. The quantitative estimate of drug-likeness (QED) is 0.349. The third-order valence-electron chi connectivity index (χ3n) is 6.09. The Kier molecular flexibility index (Phi) is 7.85. The molecule has 9 heteroatoms. The summed E-state index contributed by atoms with van der Waals surface area (Å²) >= 11 is 3.40. The third kappa shape index (κ3) is 6.08. The van der Waals surface area contributed by atoms with Gasteiger partial charge < -0.3 is 19.1 Å². The van der Waals surface area contributed by atoms with Crippen LogP contribution in [0.2, 0.25) is 0 Å². The van der Waals surface area contributed by atoms with Crippen molar-refractivity contribution < 1.29 is 19.0 Å². The van der Waals surface area contributed by atoms with E-state index in [1.165, 1.54) is 6.33 Å². The molecule has 1 aromatic carbocycles. The highest BCUT2D eigenvalue weighted by atomic mass is 79.9. The Morgan fingerprint density at radius 2 is 1.86 bits per heavy atom. The van der Waals surface area contributed by atoms with Gasteiger partial charge in [0.25, 0.3) is 0 Å². The summed E-state index contributed by atoms with van der Waals surface area (Å²) in [5.41, 5.74) is 1.47. The minimum atomic E-state index is -0.338. The largest absolute Gasteiger partial charge is 0.474 e. The van der Waals surface area contributed by atoms with Crippen LogP contribution in [-0.4, -0.2) is 44.1 Å². The maximum absolute atomic E-state index is 13.0. The zero-order chi connectivity index (χ0) is 24.9. The van der Waals surface area contributed by atoms with E-state index in [1.54, 1.807) is 18.3 Å². The highest BCUT2D eigenvalue weighted by molar-refractivity contribution is 9.10. The summed E-state index contributed by atoms with van der Waals surface area (Å²) in [6.45, 7) is 7.77. The Hall–Kier alpha value is -3.20. The SMILES string of the molecule is Cc1ncccc1Oc1ncnc(O[C@H](C)CC2CCC(C)N2C(=O)Oc2ccc(Br)cc2)c1C. The number of hydrogen-bond acceptors (Lipinski definition) is 7. The van der Waals surface area contributed by atoms with Gasteiger partial charge in [-0.05, 0) is 76.9 Å². The van der Waals surface area contributed by atoms with Crippen LogP contribution < -0.4 is 14.2 Å². The zero-order valence-corrected chi connectivity index (χ0v) is 21.9. The fourth-order valence-corrected chi connectivity index (χ4v) is 4.50. The van der Waals surface area contributed by atoms with Crippen LogP contribution in [0.5, 0.6) is 23.3 Å². The zero-order valence-electron chi connectivity index (χ0n) is 20.3. The highest BCUT2D eigenvalue weighted by Gasteiger charge is 2.37. The molecule has 2 unspecified atom stereocenters. The monoisotopic (exact) mass is 540 g/mol. The van der Waals surface area contributed by atoms with Crippen molar-refractivity contribution in [1.29, 1.82) is 0 Å². The summed E-state index contributed by atoms with van der Waals surface area (Å²) in [7, 11) is 0. The normalized spacial score (nSPS) is 18.3. The van der Waals surface area contributed by atoms with Gasteiger partial charge in [-0.1, -0.05) is 15.9 Å². The summed E-state index contributed by atoms with van der Waals surface area (Å²) in [6, 6.07) is 11.0. The minimum absolute atomic E-state index is 0.0128. The Morgan fingerprint density at radius 1 is 1.11 bits per heavy atom. The molecule has 8 nitrogen and oxygen atoms in total. The Balaban J connectivity index is 1.41. The third-order valence-corrected chi connectivity index (χ3v) is 6.62. The van der Waals surface area contributed by atoms with Gasteiger partial charge in [0.1, 0.15) is 12.1 Å². The van der Waals surface area contributed by atoms with E-state index in [0.29, 0.717) is 35.2 Å². The van der Waals surface area contributed by atoms with Crippen molar-refractivity contribution in [1.82, 2.24) is 19.9 Å². The van der Waals surface area contributed by atoms with Crippen molar-refractivity contribution in [3.8, 4) is 23.3 Å². The summed E-state index contributed by atoms with van der Waals surface area (Å²) in [4.78, 5) is 27.6. The standard InChI is InChI=1S/C26H29BrN4O4/c1-16-7-10-21(31(16)26(32)34-22-11-8-20(27)9-12-22)14-17(2)33-24-18(3)25(30-15-29-24)35-23-6-5-13-28-19(23)4/h5-6,8-9,11-13,15-17,21H,7,10,14H2,1-4H3/t16?,17-,21?/m1/s1. The molecule has 0 bridgehead atoms. The van der Waals surface area contributed by atoms with Crippen molar-refractivity contribution in [3.63, 3.8) is 0 Å². The lowest BCUT2D eigenvalue weighted by molar-refractivity contribution is 0.110. The molecule has 4 rings (SSSR count). The molecule has 3 heterocycles. The second-order valence-electron chi connectivity index (χ2n) is 8.77. The van der Waals surface area contributed by atoms with Crippen molar-refractivity contribution in [3.05, 3.63) is 64.7 Å². The van der Waals surface area contributed by atoms with Gasteiger partial charge in [0.15, 0.2) is 5.75 Å². The number of hydrogen-bond donors (Lipinski definition) is 0. The summed E-state index contributed by atoms with van der Waals surface area (Å²) in [6.07, 6.45) is 5.08. The molecular weight excluding hydrogens is 512 g/mol. The van der Waals surface area contributed by atoms with Crippen LogP contribution in [-0.2, 0) is 0 Å². The molecule has 0 aliphatic carbocycles. The fraction of sp³-hybridized carbons (Fsp3) is 0.385. The number of aryl methyl sites for hydroxylation is 1. The van der Waals surface area contributed by atoms with Crippen molar-refractivity contribution in [2.45, 2.75) is 65.1 Å². The molecule has 0 spiro atoms. The van der Waals surface area contributed by atoms with Crippen molar-refractivity contribution in [2.75, 3.05) is 0 Å². The number of rotatable bonds is 7. The van der Waals surface area contributed by atoms with Crippen molar-refractivity contribution >= 4 is 22.0 Å². The number of carbonyl (C=O) groups is 1. The molecule has 184 valence electrons. The number of nitrogens with zero attached hydrogens (tertiary/aromatic N) is 4. The molecule has 1 aliphatic heterocycles. The Morgan fingerprint density at radius 3 is 2.60 bits per heavy atom. The topological polar surface area (TPSA) is 86.7 Å². The van der Waals surface area contributed by atoms with Crippen LogP contribution in [0.3, 0.4) is 0 Å². The average Bonchev–Trinajstić information content (AvgIpc) is 3.19. The smallest absolute Gasteiger partial charge is 0.415 e. The molecule has 1 aliphatic rings. The van der Waals surface area contributed by atoms with E-state index in [9.17, 15) is 4.79 Å². The summed E-state index contributed by atoms with van der Waals surface area (Å²) in [5, 5.41) is 0. The fourth-order valence-electron chi connectivity index (χ4n) is 4.23. The van der Waals surface area contributed by atoms with Crippen LogP contribution in [0.15, 0.2) is 53.4 Å². The van der Waals surface area contributed by atoms with E-state index in [0.717, 1.165) is 23.0 Å². The van der Waals surface area contributed by atoms with E-state index in [-0.39, 0.29) is 24.3 Å². The second kappa shape index (κ2) is 11.0. The first-order valence-electron chi connectivity index (χ1n) is 11.6. The van der Waals surface area contributed by atoms with Crippen LogP contribution in [0.1, 0.15) is 44.4 Å². The molecule has 1 fully saturated rings. The molecule has 1 saturated heterocycles. The molecule has 3 atom stereocenters. The first kappa shape index (κ1) is 24.9. The number of amides is 1. The van der Waals surface area contributed by atoms with Crippen LogP contribution in [0.4, 0.5) is 4.79 Å². The van der Waals surface area contributed by atoms with Crippen LogP contribution in [0, 0.1) is 13.8 Å². The lowest BCUT2D eigenvalue weighted by Crippen LogP contribution is -2.43. The number of benzene rings is 1. The molecule has 1 amide bonds. The number of halogens is 1. The molecule has 0 N–H and O–H groups in total. The molecular formula is C26H29BrN4O4. The molecule has 0 saturated carbocycles. The van der Waals surface area contributed by atoms with Crippen LogP contribution in [0.25, 0.3) is 0 Å². The van der Waals surface area contributed by atoms with E-state index in [1.807, 2.05) is 56.9 Å². The summed E-state index contributed by atoms with van der Waals surface area (Å²) in [5.74, 6) is 2.04.